The number of anilines is 1. The smallest absolute Gasteiger partial charge is 0.292 e. The largest absolute Gasteiger partial charge is 0.494 e. The first-order valence-electron chi connectivity index (χ1n) is 9.94. The number of ether oxygens (including phenoxy) is 3. The van der Waals surface area contributed by atoms with Crippen molar-refractivity contribution < 1.29 is 19.0 Å². The van der Waals surface area contributed by atoms with Crippen molar-refractivity contribution in [3.8, 4) is 5.75 Å². The molecule has 1 fully saturated rings. The van der Waals surface area contributed by atoms with Gasteiger partial charge in [0, 0.05) is 17.1 Å². The van der Waals surface area contributed by atoms with Gasteiger partial charge in [-0.2, -0.15) is 0 Å². The molecule has 1 saturated heterocycles. The van der Waals surface area contributed by atoms with Gasteiger partial charge in [0.15, 0.2) is 0 Å². The minimum Gasteiger partial charge on any atom is -0.494 e. The standard InChI is InChI=1S/C23H26ClNO4/c1-22(2,3)16-5-8-18(9-6-16)27-12-4-11-25-20-10-7-17(24)15-19(20)23(21(25)26)28-13-14-29-23/h5-10,15H,4,11-14H2,1-3H3. The number of carbonyl (C=O) groups is 1. The molecule has 6 heteroatoms. The number of nitrogens with zero attached hydrogens (tertiary/aromatic N) is 1. The fraction of sp³-hybridized carbons (Fsp3) is 0.435. The van der Waals surface area contributed by atoms with Crippen molar-refractivity contribution in [2.75, 3.05) is 31.3 Å². The zero-order valence-electron chi connectivity index (χ0n) is 17.0. The number of rotatable bonds is 5. The van der Waals surface area contributed by atoms with E-state index in [0.717, 1.165) is 11.4 Å². The van der Waals surface area contributed by atoms with Gasteiger partial charge in [-0.25, -0.2) is 0 Å². The number of fused-ring (bicyclic) bond motifs is 2. The van der Waals surface area contributed by atoms with E-state index in [1.165, 1.54) is 5.56 Å². The fourth-order valence-corrected chi connectivity index (χ4v) is 3.96. The first-order valence-corrected chi connectivity index (χ1v) is 10.3. The molecule has 154 valence electrons. The van der Waals surface area contributed by atoms with Gasteiger partial charge < -0.3 is 19.1 Å². The molecule has 0 aromatic heterocycles. The van der Waals surface area contributed by atoms with Crippen molar-refractivity contribution in [3.63, 3.8) is 0 Å². The molecular weight excluding hydrogens is 390 g/mol. The molecule has 1 spiro atoms. The highest BCUT2D eigenvalue weighted by Crippen LogP contribution is 2.46. The summed E-state index contributed by atoms with van der Waals surface area (Å²) in [6.07, 6.45) is 0.685. The van der Waals surface area contributed by atoms with E-state index in [1.807, 2.05) is 18.2 Å². The van der Waals surface area contributed by atoms with Gasteiger partial charge in [-0.1, -0.05) is 44.5 Å². The summed E-state index contributed by atoms with van der Waals surface area (Å²) in [5.74, 6) is -0.706. The van der Waals surface area contributed by atoms with Gasteiger partial charge in [0.1, 0.15) is 5.75 Å². The molecule has 0 radical (unpaired) electrons. The number of hydrogen-bond donors (Lipinski definition) is 0. The van der Waals surface area contributed by atoms with Crippen molar-refractivity contribution >= 4 is 23.2 Å². The summed E-state index contributed by atoms with van der Waals surface area (Å²) in [6.45, 7) is 8.36. The summed E-state index contributed by atoms with van der Waals surface area (Å²) in [5, 5.41) is 0.555. The van der Waals surface area contributed by atoms with Gasteiger partial charge in [0.2, 0.25) is 0 Å². The quantitative estimate of drug-likeness (QED) is 0.667. The second-order valence-electron chi connectivity index (χ2n) is 8.41. The SMILES string of the molecule is CC(C)(C)c1ccc(OCCCN2C(=O)C3(OCCO3)c3cc(Cl)ccc32)cc1. The predicted octanol–water partition coefficient (Wildman–Crippen LogP) is 4.65. The van der Waals surface area contributed by atoms with Crippen molar-refractivity contribution in [3.05, 3.63) is 58.6 Å². The molecule has 4 rings (SSSR count). The second-order valence-corrected chi connectivity index (χ2v) is 8.84. The van der Waals surface area contributed by atoms with Gasteiger partial charge >= 0.3 is 0 Å². The lowest BCUT2D eigenvalue weighted by Gasteiger charge is -2.22. The molecule has 2 aliphatic heterocycles. The first-order chi connectivity index (χ1) is 13.8. The maximum atomic E-state index is 13.1. The Kier molecular flexibility index (Phi) is 5.32. The maximum Gasteiger partial charge on any atom is 0.292 e. The van der Waals surface area contributed by atoms with Crippen LogP contribution in [-0.2, 0) is 25.5 Å². The zero-order chi connectivity index (χ0) is 20.6. The van der Waals surface area contributed by atoms with E-state index in [1.54, 1.807) is 17.0 Å². The number of carbonyl (C=O) groups excluding carboxylic acids is 1. The Morgan fingerprint density at radius 3 is 2.45 bits per heavy atom. The van der Waals surface area contributed by atoms with Crippen LogP contribution < -0.4 is 9.64 Å². The van der Waals surface area contributed by atoms with Crippen molar-refractivity contribution in [2.45, 2.75) is 38.4 Å². The Bertz CT molecular complexity index is 898. The molecule has 0 saturated carbocycles. The van der Waals surface area contributed by atoms with E-state index in [0.29, 0.717) is 43.4 Å². The van der Waals surface area contributed by atoms with Crippen LogP contribution in [0.1, 0.15) is 38.3 Å². The minimum atomic E-state index is -1.34. The normalized spacial score (nSPS) is 17.8. The van der Waals surface area contributed by atoms with Gasteiger partial charge in [0.25, 0.3) is 11.7 Å². The maximum absolute atomic E-state index is 13.1. The van der Waals surface area contributed by atoms with Crippen LogP contribution in [0.3, 0.4) is 0 Å². The van der Waals surface area contributed by atoms with Crippen LogP contribution in [0, 0.1) is 0 Å². The van der Waals surface area contributed by atoms with E-state index in [2.05, 4.69) is 32.9 Å². The van der Waals surface area contributed by atoms with Gasteiger partial charge in [-0.05, 0) is 47.7 Å². The third-order valence-electron chi connectivity index (χ3n) is 5.34. The van der Waals surface area contributed by atoms with Gasteiger partial charge in [0.05, 0.1) is 25.5 Å². The Morgan fingerprint density at radius 1 is 1.10 bits per heavy atom. The van der Waals surface area contributed by atoms with E-state index in [9.17, 15) is 4.79 Å². The van der Waals surface area contributed by atoms with Crippen LogP contribution in [0.25, 0.3) is 0 Å². The molecule has 2 aliphatic rings. The van der Waals surface area contributed by atoms with E-state index < -0.39 is 5.79 Å². The number of benzene rings is 2. The summed E-state index contributed by atoms with van der Waals surface area (Å²) in [4.78, 5) is 14.8. The average Bonchev–Trinajstić information content (AvgIpc) is 3.26. The molecule has 2 aromatic rings. The topological polar surface area (TPSA) is 48.0 Å². The highest BCUT2D eigenvalue weighted by atomic mass is 35.5. The van der Waals surface area contributed by atoms with Crippen LogP contribution in [0.5, 0.6) is 5.75 Å². The molecule has 0 bridgehead atoms. The molecule has 0 unspecified atom stereocenters. The fourth-order valence-electron chi connectivity index (χ4n) is 3.79. The highest BCUT2D eigenvalue weighted by molar-refractivity contribution is 6.31. The third kappa shape index (κ3) is 3.75. The lowest BCUT2D eigenvalue weighted by Crippen LogP contribution is -2.41. The molecule has 2 heterocycles. The van der Waals surface area contributed by atoms with E-state index >= 15 is 0 Å². The molecule has 5 nitrogen and oxygen atoms in total. The number of amides is 1. The summed E-state index contributed by atoms with van der Waals surface area (Å²) in [6, 6.07) is 13.6. The average molecular weight is 416 g/mol. The van der Waals surface area contributed by atoms with Crippen LogP contribution in [-0.4, -0.2) is 32.3 Å². The van der Waals surface area contributed by atoms with Crippen molar-refractivity contribution in [2.24, 2.45) is 0 Å². The molecule has 0 atom stereocenters. The van der Waals surface area contributed by atoms with E-state index in [-0.39, 0.29) is 11.3 Å². The highest BCUT2D eigenvalue weighted by Gasteiger charge is 2.55. The van der Waals surface area contributed by atoms with Crippen molar-refractivity contribution in [1.29, 1.82) is 0 Å². The summed E-state index contributed by atoms with van der Waals surface area (Å²) >= 11 is 6.15. The Labute approximate surface area is 176 Å². The first kappa shape index (κ1) is 20.2. The van der Waals surface area contributed by atoms with Crippen LogP contribution in [0.2, 0.25) is 5.02 Å². The molecular formula is C23H26ClNO4. The van der Waals surface area contributed by atoms with Crippen molar-refractivity contribution in [1.82, 2.24) is 0 Å². The predicted molar refractivity (Wildman–Crippen MR) is 113 cm³/mol. The Hall–Kier alpha value is -2.08. The van der Waals surface area contributed by atoms with Crippen LogP contribution >= 0.6 is 11.6 Å². The third-order valence-corrected chi connectivity index (χ3v) is 5.57. The Morgan fingerprint density at radius 2 is 1.79 bits per heavy atom. The van der Waals surface area contributed by atoms with Crippen LogP contribution in [0.15, 0.2) is 42.5 Å². The molecule has 1 amide bonds. The summed E-state index contributed by atoms with van der Waals surface area (Å²) in [5.41, 5.74) is 2.86. The minimum absolute atomic E-state index is 0.116. The van der Waals surface area contributed by atoms with Gasteiger partial charge in [-0.3, -0.25) is 4.79 Å². The molecule has 0 aliphatic carbocycles. The Balaban J connectivity index is 1.40. The van der Waals surface area contributed by atoms with E-state index in [4.69, 9.17) is 25.8 Å². The second kappa shape index (κ2) is 7.63. The van der Waals surface area contributed by atoms with Crippen LogP contribution in [0.4, 0.5) is 5.69 Å². The van der Waals surface area contributed by atoms with Gasteiger partial charge in [-0.15, -0.1) is 0 Å². The number of hydrogen-bond acceptors (Lipinski definition) is 4. The lowest BCUT2D eigenvalue weighted by atomic mass is 9.87. The lowest BCUT2D eigenvalue weighted by molar-refractivity contribution is -0.180. The molecule has 29 heavy (non-hydrogen) atoms. The molecule has 2 aromatic carbocycles. The number of halogens is 1. The monoisotopic (exact) mass is 415 g/mol. The zero-order valence-corrected chi connectivity index (χ0v) is 17.8. The summed E-state index contributed by atoms with van der Waals surface area (Å²) in [7, 11) is 0. The summed E-state index contributed by atoms with van der Waals surface area (Å²) < 4.78 is 17.3. The molecule has 0 N–H and O–H groups in total.